The Morgan fingerprint density at radius 1 is 1.35 bits per heavy atom. The first kappa shape index (κ1) is 15.0. The second-order valence-corrected chi connectivity index (χ2v) is 6.42. The molecule has 0 saturated carbocycles. The highest BCUT2D eigenvalue weighted by atomic mass is 16.5. The first-order chi connectivity index (χ1) is 7.94. The Hall–Kier alpha value is -0.0800. The van der Waals surface area contributed by atoms with E-state index in [9.17, 15) is 0 Å². The van der Waals surface area contributed by atoms with Crippen LogP contribution in [-0.2, 0) is 4.74 Å². The SMILES string of the molecule is CCCNC(CCC1CCC(C)(C)O1)C(C)C. The minimum Gasteiger partial charge on any atom is -0.372 e. The molecule has 1 aliphatic heterocycles. The zero-order valence-corrected chi connectivity index (χ0v) is 12.4. The lowest BCUT2D eigenvalue weighted by atomic mass is 9.96. The number of ether oxygens (including phenoxy) is 1. The third kappa shape index (κ3) is 5.39. The fraction of sp³-hybridized carbons (Fsp3) is 1.00. The van der Waals surface area contributed by atoms with E-state index in [1.54, 1.807) is 0 Å². The summed E-state index contributed by atoms with van der Waals surface area (Å²) < 4.78 is 6.06. The van der Waals surface area contributed by atoms with Gasteiger partial charge in [0.1, 0.15) is 0 Å². The second-order valence-electron chi connectivity index (χ2n) is 6.42. The van der Waals surface area contributed by atoms with Crippen molar-refractivity contribution >= 4 is 0 Å². The molecule has 1 rings (SSSR count). The summed E-state index contributed by atoms with van der Waals surface area (Å²) in [7, 11) is 0. The molecule has 17 heavy (non-hydrogen) atoms. The van der Waals surface area contributed by atoms with Crippen molar-refractivity contribution < 1.29 is 4.74 Å². The van der Waals surface area contributed by atoms with Gasteiger partial charge in [0.25, 0.3) is 0 Å². The van der Waals surface area contributed by atoms with E-state index in [1.165, 1.54) is 32.1 Å². The fourth-order valence-corrected chi connectivity index (χ4v) is 2.65. The zero-order valence-electron chi connectivity index (χ0n) is 12.4. The molecule has 0 aromatic rings. The topological polar surface area (TPSA) is 21.3 Å². The highest BCUT2D eigenvalue weighted by Crippen LogP contribution is 2.32. The quantitative estimate of drug-likeness (QED) is 0.733. The molecule has 1 heterocycles. The van der Waals surface area contributed by atoms with Gasteiger partial charge in [0.15, 0.2) is 0 Å². The van der Waals surface area contributed by atoms with Gasteiger partial charge in [-0.25, -0.2) is 0 Å². The monoisotopic (exact) mass is 241 g/mol. The molecule has 0 spiro atoms. The van der Waals surface area contributed by atoms with Crippen molar-refractivity contribution in [2.45, 2.75) is 84.5 Å². The molecule has 2 atom stereocenters. The predicted molar refractivity (Wildman–Crippen MR) is 74.3 cm³/mol. The van der Waals surface area contributed by atoms with E-state index in [0.29, 0.717) is 12.1 Å². The van der Waals surface area contributed by atoms with E-state index in [0.717, 1.165) is 12.5 Å². The van der Waals surface area contributed by atoms with Crippen LogP contribution in [0.25, 0.3) is 0 Å². The summed E-state index contributed by atoms with van der Waals surface area (Å²) in [6.07, 6.45) is 6.63. The maximum Gasteiger partial charge on any atom is 0.0631 e. The molecule has 2 nitrogen and oxygen atoms in total. The van der Waals surface area contributed by atoms with E-state index >= 15 is 0 Å². The number of rotatable bonds is 7. The average molecular weight is 241 g/mol. The van der Waals surface area contributed by atoms with Gasteiger partial charge < -0.3 is 10.1 Å². The van der Waals surface area contributed by atoms with Crippen molar-refractivity contribution in [2.75, 3.05) is 6.54 Å². The van der Waals surface area contributed by atoms with Gasteiger partial charge in [-0.2, -0.15) is 0 Å². The Balaban J connectivity index is 2.27. The summed E-state index contributed by atoms with van der Waals surface area (Å²) in [6, 6.07) is 0.655. The Morgan fingerprint density at radius 2 is 2.06 bits per heavy atom. The highest BCUT2D eigenvalue weighted by Gasteiger charge is 2.31. The van der Waals surface area contributed by atoms with Crippen LogP contribution in [-0.4, -0.2) is 24.3 Å². The van der Waals surface area contributed by atoms with Crippen LogP contribution in [0.2, 0.25) is 0 Å². The Labute approximate surface area is 108 Å². The van der Waals surface area contributed by atoms with Crippen molar-refractivity contribution in [2.24, 2.45) is 5.92 Å². The van der Waals surface area contributed by atoms with Gasteiger partial charge in [-0.15, -0.1) is 0 Å². The van der Waals surface area contributed by atoms with Crippen LogP contribution in [0.4, 0.5) is 0 Å². The summed E-state index contributed by atoms with van der Waals surface area (Å²) in [6.45, 7) is 12.4. The Morgan fingerprint density at radius 3 is 2.53 bits per heavy atom. The number of nitrogens with one attached hydrogen (secondary N) is 1. The summed E-state index contributed by atoms with van der Waals surface area (Å²) in [5.74, 6) is 0.718. The molecule has 1 N–H and O–H groups in total. The smallest absolute Gasteiger partial charge is 0.0631 e. The van der Waals surface area contributed by atoms with E-state index in [2.05, 4.69) is 39.9 Å². The Kier molecular flexibility index (Phi) is 5.94. The van der Waals surface area contributed by atoms with Crippen LogP contribution < -0.4 is 5.32 Å². The van der Waals surface area contributed by atoms with E-state index in [4.69, 9.17) is 4.74 Å². The minimum atomic E-state index is 0.120. The Bertz CT molecular complexity index is 213. The average Bonchev–Trinajstić information content (AvgIpc) is 2.58. The fourth-order valence-electron chi connectivity index (χ4n) is 2.65. The van der Waals surface area contributed by atoms with E-state index in [-0.39, 0.29) is 5.60 Å². The molecule has 102 valence electrons. The van der Waals surface area contributed by atoms with Crippen LogP contribution >= 0.6 is 0 Å². The third-order valence-electron chi connectivity index (χ3n) is 3.81. The molecule has 0 radical (unpaired) electrons. The molecule has 0 aliphatic carbocycles. The normalized spacial score (nSPS) is 25.4. The van der Waals surface area contributed by atoms with Gasteiger partial charge in [0, 0.05) is 6.04 Å². The first-order valence-corrected chi connectivity index (χ1v) is 7.36. The molecule has 0 bridgehead atoms. The number of hydrogen-bond donors (Lipinski definition) is 1. The van der Waals surface area contributed by atoms with Crippen molar-refractivity contribution in [1.29, 1.82) is 0 Å². The van der Waals surface area contributed by atoms with Crippen molar-refractivity contribution in [3.05, 3.63) is 0 Å². The summed E-state index contributed by atoms with van der Waals surface area (Å²) in [4.78, 5) is 0. The molecule has 1 aliphatic rings. The highest BCUT2D eigenvalue weighted by molar-refractivity contribution is 4.82. The minimum absolute atomic E-state index is 0.120. The molecule has 2 unspecified atom stereocenters. The summed E-state index contributed by atoms with van der Waals surface area (Å²) >= 11 is 0. The molecule has 0 aromatic carbocycles. The van der Waals surface area contributed by atoms with Crippen LogP contribution in [0.5, 0.6) is 0 Å². The number of hydrogen-bond acceptors (Lipinski definition) is 2. The first-order valence-electron chi connectivity index (χ1n) is 7.36. The molecule has 2 heteroatoms. The van der Waals surface area contributed by atoms with Gasteiger partial charge in [0.05, 0.1) is 11.7 Å². The van der Waals surface area contributed by atoms with Crippen molar-refractivity contribution in [1.82, 2.24) is 5.32 Å². The van der Waals surface area contributed by atoms with Gasteiger partial charge in [0.2, 0.25) is 0 Å². The van der Waals surface area contributed by atoms with Crippen LogP contribution in [0.3, 0.4) is 0 Å². The lowest BCUT2D eigenvalue weighted by molar-refractivity contribution is -0.0203. The van der Waals surface area contributed by atoms with Gasteiger partial charge in [-0.3, -0.25) is 0 Å². The van der Waals surface area contributed by atoms with Gasteiger partial charge in [-0.1, -0.05) is 20.8 Å². The van der Waals surface area contributed by atoms with E-state index in [1.807, 2.05) is 0 Å². The van der Waals surface area contributed by atoms with Crippen LogP contribution in [0.15, 0.2) is 0 Å². The van der Waals surface area contributed by atoms with Crippen LogP contribution in [0.1, 0.15) is 66.7 Å². The molecule has 1 fully saturated rings. The molecule has 1 saturated heterocycles. The van der Waals surface area contributed by atoms with Crippen molar-refractivity contribution in [3.63, 3.8) is 0 Å². The molecule has 0 amide bonds. The predicted octanol–water partition coefficient (Wildman–Crippen LogP) is 3.75. The molecular formula is C15H31NO. The van der Waals surface area contributed by atoms with Crippen LogP contribution in [0, 0.1) is 5.92 Å². The standard InChI is InChI=1S/C15H31NO/c1-6-11-16-14(12(2)3)8-7-13-9-10-15(4,5)17-13/h12-14,16H,6-11H2,1-5H3. The van der Waals surface area contributed by atoms with E-state index < -0.39 is 0 Å². The van der Waals surface area contributed by atoms with Crippen molar-refractivity contribution in [3.8, 4) is 0 Å². The zero-order chi connectivity index (χ0) is 12.9. The lowest BCUT2D eigenvalue weighted by Gasteiger charge is -2.25. The lowest BCUT2D eigenvalue weighted by Crippen LogP contribution is -2.35. The van der Waals surface area contributed by atoms with Gasteiger partial charge >= 0.3 is 0 Å². The second kappa shape index (κ2) is 6.75. The summed E-state index contributed by atoms with van der Waals surface area (Å²) in [5.41, 5.74) is 0.120. The third-order valence-corrected chi connectivity index (χ3v) is 3.81. The molecular weight excluding hydrogens is 210 g/mol. The summed E-state index contributed by atoms with van der Waals surface area (Å²) in [5, 5.41) is 3.66. The largest absolute Gasteiger partial charge is 0.372 e. The molecule has 0 aromatic heterocycles. The maximum absolute atomic E-state index is 6.06. The van der Waals surface area contributed by atoms with Gasteiger partial charge in [-0.05, 0) is 58.4 Å². The maximum atomic E-state index is 6.06.